The molecule has 1 aliphatic rings. The van der Waals surface area contributed by atoms with Gasteiger partial charge in [0.1, 0.15) is 18.4 Å². The minimum atomic E-state index is -0.514. The minimum Gasteiger partial charge on any atom is -0.488 e. The zero-order valence-electron chi connectivity index (χ0n) is 14.4. The van der Waals surface area contributed by atoms with Gasteiger partial charge >= 0.3 is 0 Å². The molecule has 1 aliphatic heterocycles. The second-order valence-electron chi connectivity index (χ2n) is 6.23. The van der Waals surface area contributed by atoms with Crippen LogP contribution in [0.25, 0.3) is 0 Å². The van der Waals surface area contributed by atoms with Crippen LogP contribution < -0.4 is 4.74 Å². The lowest BCUT2D eigenvalue weighted by molar-refractivity contribution is 0.0751. The molecule has 1 amide bonds. The molecule has 25 heavy (non-hydrogen) atoms. The Morgan fingerprint density at radius 1 is 1.12 bits per heavy atom. The maximum atomic E-state index is 12.9. The van der Waals surface area contributed by atoms with Gasteiger partial charge in [-0.25, -0.2) is 0 Å². The van der Waals surface area contributed by atoms with Gasteiger partial charge in [0.05, 0.1) is 11.6 Å². The van der Waals surface area contributed by atoms with Crippen molar-refractivity contribution in [3.8, 4) is 11.8 Å². The van der Waals surface area contributed by atoms with Crippen molar-refractivity contribution in [2.45, 2.75) is 38.8 Å². The average Bonchev–Trinajstić information content (AvgIpc) is 2.93. The first kappa shape index (κ1) is 17.0. The number of ether oxygens (including phenoxy) is 1. The smallest absolute Gasteiger partial charge is 0.259 e. The molecule has 0 bridgehead atoms. The number of nitrogens with zero attached hydrogens (tertiary/aromatic N) is 2. The number of benzene rings is 2. The summed E-state index contributed by atoms with van der Waals surface area (Å²) >= 11 is 0. The van der Waals surface area contributed by atoms with E-state index >= 15 is 0 Å². The predicted octanol–water partition coefficient (Wildman–Crippen LogP) is 4.48. The first-order chi connectivity index (χ1) is 12.3. The van der Waals surface area contributed by atoms with E-state index in [1.807, 2.05) is 48.5 Å². The molecular formula is C21H22N2O2. The number of unbranched alkanes of at least 4 members (excludes halogenated alkanes) is 2. The van der Waals surface area contributed by atoms with E-state index in [9.17, 15) is 10.1 Å². The van der Waals surface area contributed by atoms with E-state index in [-0.39, 0.29) is 5.91 Å². The van der Waals surface area contributed by atoms with Crippen molar-refractivity contribution in [1.29, 1.82) is 5.26 Å². The molecule has 0 N–H and O–H groups in total. The summed E-state index contributed by atoms with van der Waals surface area (Å²) in [7, 11) is 0. The number of fused-ring (bicyclic) bond motifs is 1. The highest BCUT2D eigenvalue weighted by Crippen LogP contribution is 2.38. The van der Waals surface area contributed by atoms with E-state index in [2.05, 4.69) is 13.0 Å². The molecule has 128 valence electrons. The summed E-state index contributed by atoms with van der Waals surface area (Å²) < 4.78 is 5.92. The van der Waals surface area contributed by atoms with E-state index in [4.69, 9.17) is 4.74 Å². The molecule has 0 saturated carbocycles. The quantitative estimate of drug-likeness (QED) is 0.702. The lowest BCUT2D eigenvalue weighted by Gasteiger charge is -2.19. The van der Waals surface area contributed by atoms with Gasteiger partial charge in [0.25, 0.3) is 5.91 Å². The Morgan fingerprint density at radius 3 is 2.64 bits per heavy atom. The highest BCUT2D eigenvalue weighted by molar-refractivity contribution is 6.02. The fraction of sp³-hybridized carbons (Fsp3) is 0.333. The second-order valence-corrected chi connectivity index (χ2v) is 6.23. The molecule has 4 heteroatoms. The summed E-state index contributed by atoms with van der Waals surface area (Å²) in [6.45, 7) is 3.13. The maximum absolute atomic E-state index is 12.9. The van der Waals surface area contributed by atoms with Crippen LogP contribution in [0.2, 0.25) is 0 Å². The van der Waals surface area contributed by atoms with Gasteiger partial charge < -0.3 is 9.64 Å². The standard InChI is InChI=1S/C21H22N2O2/c1-2-3-7-13-23-18(14-22)17-11-8-12-19(20(17)21(23)24)25-15-16-9-5-4-6-10-16/h4-6,8-12,18H,2-3,7,13,15H2,1H3. The fourth-order valence-corrected chi connectivity index (χ4v) is 3.19. The van der Waals surface area contributed by atoms with Gasteiger partial charge in [0, 0.05) is 12.1 Å². The second kappa shape index (κ2) is 7.85. The molecule has 1 heterocycles. The van der Waals surface area contributed by atoms with E-state index in [0.717, 1.165) is 30.4 Å². The largest absolute Gasteiger partial charge is 0.488 e. The van der Waals surface area contributed by atoms with Gasteiger partial charge in [0.15, 0.2) is 0 Å². The third kappa shape index (κ3) is 3.51. The Labute approximate surface area is 148 Å². The third-order valence-corrected chi connectivity index (χ3v) is 4.50. The highest BCUT2D eigenvalue weighted by atomic mass is 16.5. The molecule has 4 nitrogen and oxygen atoms in total. The Kier molecular flexibility index (Phi) is 5.35. The molecule has 1 unspecified atom stereocenters. The molecule has 2 aromatic carbocycles. The first-order valence-corrected chi connectivity index (χ1v) is 8.76. The molecule has 0 fully saturated rings. The van der Waals surface area contributed by atoms with Crippen molar-refractivity contribution in [2.75, 3.05) is 6.54 Å². The predicted molar refractivity (Wildman–Crippen MR) is 96.1 cm³/mol. The van der Waals surface area contributed by atoms with Gasteiger partial charge in [0.2, 0.25) is 0 Å². The number of carbonyl (C=O) groups excluding carboxylic acids is 1. The van der Waals surface area contributed by atoms with Crippen molar-refractivity contribution < 1.29 is 9.53 Å². The van der Waals surface area contributed by atoms with Crippen LogP contribution in [-0.2, 0) is 6.61 Å². The summed E-state index contributed by atoms with van der Waals surface area (Å²) in [6.07, 6.45) is 3.04. The van der Waals surface area contributed by atoms with Crippen molar-refractivity contribution in [1.82, 2.24) is 4.90 Å². The molecule has 0 saturated heterocycles. The van der Waals surface area contributed by atoms with Gasteiger partial charge in [-0.3, -0.25) is 4.79 Å². The summed E-state index contributed by atoms with van der Waals surface area (Å²) in [6, 6.07) is 17.1. The molecular weight excluding hydrogens is 312 g/mol. The number of amides is 1. The Balaban J connectivity index is 1.82. The lowest BCUT2D eigenvalue weighted by atomic mass is 10.0. The molecule has 0 spiro atoms. The summed E-state index contributed by atoms with van der Waals surface area (Å²) in [5, 5.41) is 9.57. The van der Waals surface area contributed by atoms with Crippen molar-refractivity contribution >= 4 is 5.91 Å². The van der Waals surface area contributed by atoms with Crippen LogP contribution in [0.4, 0.5) is 0 Å². The van der Waals surface area contributed by atoms with Crippen LogP contribution >= 0.6 is 0 Å². The Morgan fingerprint density at radius 2 is 1.92 bits per heavy atom. The zero-order chi connectivity index (χ0) is 17.6. The fourth-order valence-electron chi connectivity index (χ4n) is 3.19. The van der Waals surface area contributed by atoms with Crippen LogP contribution in [0.1, 0.15) is 53.7 Å². The molecule has 0 aromatic heterocycles. The summed E-state index contributed by atoms with van der Waals surface area (Å²) in [5.41, 5.74) is 2.35. The average molecular weight is 334 g/mol. The SMILES string of the molecule is CCCCCN1C(=O)c2c(OCc3ccccc3)cccc2C1C#N. The van der Waals surface area contributed by atoms with Crippen molar-refractivity contribution in [3.05, 3.63) is 65.2 Å². The van der Waals surface area contributed by atoms with Gasteiger partial charge in [-0.2, -0.15) is 5.26 Å². The van der Waals surface area contributed by atoms with Crippen molar-refractivity contribution in [2.24, 2.45) is 0 Å². The van der Waals surface area contributed by atoms with Crippen LogP contribution in [0.3, 0.4) is 0 Å². The van der Waals surface area contributed by atoms with Gasteiger partial charge in [-0.05, 0) is 18.1 Å². The van der Waals surface area contributed by atoms with E-state index < -0.39 is 6.04 Å². The Hall–Kier alpha value is -2.80. The summed E-state index contributed by atoms with van der Waals surface area (Å²) in [5.74, 6) is 0.464. The highest BCUT2D eigenvalue weighted by Gasteiger charge is 2.38. The normalized spacial score (nSPS) is 15.8. The zero-order valence-corrected chi connectivity index (χ0v) is 14.4. The van der Waals surface area contributed by atoms with Gasteiger partial charge in [-0.15, -0.1) is 0 Å². The van der Waals surface area contributed by atoms with E-state index in [1.54, 1.807) is 4.90 Å². The number of nitriles is 1. The van der Waals surface area contributed by atoms with Crippen LogP contribution in [0.15, 0.2) is 48.5 Å². The molecule has 2 aromatic rings. The van der Waals surface area contributed by atoms with Crippen LogP contribution in [-0.4, -0.2) is 17.4 Å². The lowest BCUT2D eigenvalue weighted by Crippen LogP contribution is -2.28. The number of hydrogen-bond acceptors (Lipinski definition) is 3. The Bertz CT molecular complexity index is 780. The maximum Gasteiger partial charge on any atom is 0.259 e. The number of carbonyl (C=O) groups is 1. The molecule has 0 aliphatic carbocycles. The first-order valence-electron chi connectivity index (χ1n) is 8.76. The van der Waals surface area contributed by atoms with Crippen molar-refractivity contribution in [3.63, 3.8) is 0 Å². The topological polar surface area (TPSA) is 53.3 Å². The summed E-state index contributed by atoms with van der Waals surface area (Å²) in [4.78, 5) is 14.6. The monoisotopic (exact) mass is 334 g/mol. The van der Waals surface area contributed by atoms with Gasteiger partial charge in [-0.1, -0.05) is 62.2 Å². The molecule has 3 rings (SSSR count). The minimum absolute atomic E-state index is 0.0960. The van der Waals surface area contributed by atoms with E-state index in [0.29, 0.717) is 24.5 Å². The van der Waals surface area contributed by atoms with Crippen LogP contribution in [0.5, 0.6) is 5.75 Å². The van der Waals surface area contributed by atoms with E-state index in [1.165, 1.54) is 0 Å². The number of hydrogen-bond donors (Lipinski definition) is 0. The third-order valence-electron chi connectivity index (χ3n) is 4.50. The molecule has 0 radical (unpaired) electrons. The van der Waals surface area contributed by atoms with Crippen LogP contribution in [0, 0.1) is 11.3 Å². The number of rotatable bonds is 7. The molecule has 1 atom stereocenters.